The zero-order chi connectivity index (χ0) is 13.1. The third kappa shape index (κ3) is 3.11. The lowest BCUT2D eigenvalue weighted by Gasteiger charge is -2.26. The van der Waals surface area contributed by atoms with Gasteiger partial charge in [-0.05, 0) is 17.7 Å². The van der Waals surface area contributed by atoms with Gasteiger partial charge in [-0.3, -0.25) is 0 Å². The SMILES string of the molecule is Fc1ccc(Cc2cnc(N3CCNCC3)s2)cc1. The van der Waals surface area contributed by atoms with Crippen molar-refractivity contribution in [2.24, 2.45) is 0 Å². The molecule has 5 heteroatoms. The maximum Gasteiger partial charge on any atom is 0.185 e. The van der Waals surface area contributed by atoms with Crippen LogP contribution in [0.25, 0.3) is 0 Å². The molecule has 1 aliphatic rings. The van der Waals surface area contributed by atoms with Crippen LogP contribution in [0.5, 0.6) is 0 Å². The van der Waals surface area contributed by atoms with Crippen molar-refractivity contribution in [1.29, 1.82) is 0 Å². The van der Waals surface area contributed by atoms with Crippen molar-refractivity contribution in [1.82, 2.24) is 10.3 Å². The molecular weight excluding hydrogens is 261 g/mol. The van der Waals surface area contributed by atoms with Gasteiger partial charge in [0.25, 0.3) is 0 Å². The average molecular weight is 277 g/mol. The number of hydrogen-bond acceptors (Lipinski definition) is 4. The maximum atomic E-state index is 12.9. The Morgan fingerprint density at radius 2 is 1.95 bits per heavy atom. The van der Waals surface area contributed by atoms with Gasteiger partial charge in [0.1, 0.15) is 5.82 Å². The summed E-state index contributed by atoms with van der Waals surface area (Å²) in [5.74, 6) is -0.186. The number of nitrogens with one attached hydrogen (secondary N) is 1. The molecule has 1 N–H and O–H groups in total. The lowest BCUT2D eigenvalue weighted by atomic mass is 10.1. The fraction of sp³-hybridized carbons (Fsp3) is 0.357. The maximum absolute atomic E-state index is 12.9. The minimum Gasteiger partial charge on any atom is -0.346 e. The number of benzene rings is 1. The van der Waals surface area contributed by atoms with Crippen molar-refractivity contribution in [3.05, 3.63) is 46.7 Å². The van der Waals surface area contributed by atoms with E-state index < -0.39 is 0 Å². The van der Waals surface area contributed by atoms with Crippen LogP contribution >= 0.6 is 11.3 Å². The molecule has 3 rings (SSSR count). The van der Waals surface area contributed by atoms with E-state index in [1.807, 2.05) is 18.3 Å². The standard InChI is InChI=1S/C14H16FN3S/c15-12-3-1-11(2-4-12)9-13-10-17-14(19-13)18-7-5-16-6-8-18/h1-4,10,16H,5-9H2. The molecule has 0 spiro atoms. The number of rotatable bonds is 3. The van der Waals surface area contributed by atoms with Gasteiger partial charge in [0.15, 0.2) is 5.13 Å². The Morgan fingerprint density at radius 1 is 1.21 bits per heavy atom. The number of nitrogens with zero attached hydrogens (tertiary/aromatic N) is 2. The first-order chi connectivity index (χ1) is 9.31. The van der Waals surface area contributed by atoms with E-state index in [0.717, 1.165) is 43.3 Å². The average Bonchev–Trinajstić information content (AvgIpc) is 2.91. The molecule has 0 amide bonds. The first-order valence-electron chi connectivity index (χ1n) is 6.46. The van der Waals surface area contributed by atoms with Gasteiger partial charge in [0.2, 0.25) is 0 Å². The molecular formula is C14H16FN3S. The molecule has 100 valence electrons. The van der Waals surface area contributed by atoms with Gasteiger partial charge in [-0.25, -0.2) is 9.37 Å². The Balaban J connectivity index is 1.68. The monoisotopic (exact) mass is 277 g/mol. The van der Waals surface area contributed by atoms with Gasteiger partial charge in [-0.2, -0.15) is 0 Å². The number of hydrogen-bond donors (Lipinski definition) is 1. The summed E-state index contributed by atoms with van der Waals surface area (Å²) in [6.07, 6.45) is 2.76. The normalized spacial score (nSPS) is 15.7. The Labute approximate surface area is 116 Å². The summed E-state index contributed by atoms with van der Waals surface area (Å²) in [5, 5.41) is 4.43. The van der Waals surface area contributed by atoms with Crippen molar-refractivity contribution >= 4 is 16.5 Å². The quantitative estimate of drug-likeness (QED) is 0.933. The zero-order valence-electron chi connectivity index (χ0n) is 10.6. The summed E-state index contributed by atoms with van der Waals surface area (Å²) in [5.41, 5.74) is 1.12. The van der Waals surface area contributed by atoms with E-state index in [-0.39, 0.29) is 5.82 Å². The zero-order valence-corrected chi connectivity index (χ0v) is 11.4. The van der Waals surface area contributed by atoms with Crippen LogP contribution in [0.15, 0.2) is 30.5 Å². The number of aromatic nitrogens is 1. The lowest BCUT2D eigenvalue weighted by Crippen LogP contribution is -2.43. The molecule has 0 atom stereocenters. The second kappa shape index (κ2) is 5.67. The third-order valence-electron chi connectivity index (χ3n) is 3.22. The Kier molecular flexibility index (Phi) is 3.75. The predicted octanol–water partition coefficient (Wildman–Crippen LogP) is 2.28. The number of halogens is 1. The van der Waals surface area contributed by atoms with Crippen LogP contribution in [0.2, 0.25) is 0 Å². The molecule has 1 fully saturated rings. The van der Waals surface area contributed by atoms with Crippen LogP contribution < -0.4 is 10.2 Å². The highest BCUT2D eigenvalue weighted by Gasteiger charge is 2.13. The molecule has 1 saturated heterocycles. The lowest BCUT2D eigenvalue weighted by molar-refractivity contribution is 0.588. The molecule has 0 radical (unpaired) electrons. The summed E-state index contributed by atoms with van der Waals surface area (Å²) < 4.78 is 12.9. The van der Waals surface area contributed by atoms with E-state index in [1.54, 1.807) is 11.3 Å². The van der Waals surface area contributed by atoms with Crippen LogP contribution in [0, 0.1) is 5.82 Å². The van der Waals surface area contributed by atoms with Crippen LogP contribution in [0.4, 0.5) is 9.52 Å². The van der Waals surface area contributed by atoms with Gasteiger partial charge in [0.05, 0.1) is 0 Å². The van der Waals surface area contributed by atoms with Crippen LogP contribution in [0.1, 0.15) is 10.4 Å². The minimum absolute atomic E-state index is 0.186. The molecule has 0 bridgehead atoms. The van der Waals surface area contributed by atoms with Gasteiger partial charge in [-0.1, -0.05) is 12.1 Å². The fourth-order valence-electron chi connectivity index (χ4n) is 2.18. The molecule has 0 aliphatic carbocycles. The van der Waals surface area contributed by atoms with E-state index >= 15 is 0 Å². The van der Waals surface area contributed by atoms with Crippen molar-refractivity contribution < 1.29 is 4.39 Å². The van der Waals surface area contributed by atoms with Crippen molar-refractivity contribution in [3.8, 4) is 0 Å². The first kappa shape index (κ1) is 12.6. The Hall–Kier alpha value is -1.46. The molecule has 1 aromatic heterocycles. The molecule has 0 unspecified atom stereocenters. The second-order valence-corrected chi connectivity index (χ2v) is 5.74. The van der Waals surface area contributed by atoms with E-state index in [2.05, 4.69) is 15.2 Å². The minimum atomic E-state index is -0.186. The van der Waals surface area contributed by atoms with Gasteiger partial charge >= 0.3 is 0 Å². The highest BCUT2D eigenvalue weighted by Crippen LogP contribution is 2.24. The highest BCUT2D eigenvalue weighted by molar-refractivity contribution is 7.15. The molecule has 2 aromatic rings. The highest BCUT2D eigenvalue weighted by atomic mass is 32.1. The summed E-state index contributed by atoms with van der Waals surface area (Å²) in [4.78, 5) is 8.03. The van der Waals surface area contributed by atoms with Gasteiger partial charge < -0.3 is 10.2 Å². The molecule has 19 heavy (non-hydrogen) atoms. The largest absolute Gasteiger partial charge is 0.346 e. The van der Waals surface area contributed by atoms with E-state index in [9.17, 15) is 4.39 Å². The summed E-state index contributed by atoms with van der Waals surface area (Å²) in [6, 6.07) is 6.68. The Morgan fingerprint density at radius 3 is 2.68 bits per heavy atom. The summed E-state index contributed by atoms with van der Waals surface area (Å²) in [7, 11) is 0. The van der Waals surface area contributed by atoms with Crippen LogP contribution in [-0.4, -0.2) is 31.2 Å². The number of thiazole rings is 1. The van der Waals surface area contributed by atoms with Crippen molar-refractivity contribution in [2.45, 2.75) is 6.42 Å². The number of anilines is 1. The van der Waals surface area contributed by atoms with Crippen LogP contribution in [-0.2, 0) is 6.42 Å². The molecule has 3 nitrogen and oxygen atoms in total. The summed E-state index contributed by atoms with van der Waals surface area (Å²) >= 11 is 1.73. The van der Waals surface area contributed by atoms with Crippen LogP contribution in [0.3, 0.4) is 0 Å². The van der Waals surface area contributed by atoms with Crippen molar-refractivity contribution in [3.63, 3.8) is 0 Å². The van der Waals surface area contributed by atoms with Gasteiger partial charge in [-0.15, -0.1) is 11.3 Å². The molecule has 0 saturated carbocycles. The van der Waals surface area contributed by atoms with Crippen molar-refractivity contribution in [2.75, 3.05) is 31.1 Å². The molecule has 2 heterocycles. The topological polar surface area (TPSA) is 28.2 Å². The van der Waals surface area contributed by atoms with Gasteiger partial charge in [0, 0.05) is 43.7 Å². The third-order valence-corrected chi connectivity index (χ3v) is 4.28. The molecule has 1 aromatic carbocycles. The van der Waals surface area contributed by atoms with E-state index in [4.69, 9.17) is 0 Å². The second-order valence-electron chi connectivity index (χ2n) is 4.65. The number of piperazine rings is 1. The predicted molar refractivity (Wildman–Crippen MR) is 76.4 cm³/mol. The Bertz CT molecular complexity index is 532. The molecule has 1 aliphatic heterocycles. The summed E-state index contributed by atoms with van der Waals surface area (Å²) in [6.45, 7) is 4.08. The fourth-order valence-corrected chi connectivity index (χ4v) is 3.18. The van der Waals surface area contributed by atoms with E-state index in [1.165, 1.54) is 17.0 Å². The van der Waals surface area contributed by atoms with E-state index in [0.29, 0.717) is 0 Å². The smallest absolute Gasteiger partial charge is 0.185 e. The first-order valence-corrected chi connectivity index (χ1v) is 7.28.